The zero-order valence-electron chi connectivity index (χ0n) is 23.4. The lowest BCUT2D eigenvalue weighted by atomic mass is 10.0. The number of rotatable bonds is 12. The second-order valence-corrected chi connectivity index (χ2v) is 12.3. The Bertz CT molecular complexity index is 1470. The van der Waals surface area contributed by atoms with E-state index in [4.69, 9.17) is 11.6 Å². The van der Waals surface area contributed by atoms with Crippen molar-refractivity contribution in [3.05, 3.63) is 101 Å². The molecule has 3 aromatic rings. The molecule has 0 bridgehead atoms. The molecular formula is C30H33ClF3N3O4S. The van der Waals surface area contributed by atoms with E-state index in [-0.39, 0.29) is 24.0 Å². The van der Waals surface area contributed by atoms with Gasteiger partial charge in [-0.1, -0.05) is 79.2 Å². The topological polar surface area (TPSA) is 86.8 Å². The molecule has 0 heterocycles. The van der Waals surface area contributed by atoms with Crippen molar-refractivity contribution in [2.24, 2.45) is 0 Å². The first-order valence-electron chi connectivity index (χ1n) is 13.2. The van der Waals surface area contributed by atoms with Gasteiger partial charge in [0.15, 0.2) is 0 Å². The molecule has 0 aliphatic carbocycles. The van der Waals surface area contributed by atoms with Gasteiger partial charge in [-0.15, -0.1) is 0 Å². The lowest BCUT2D eigenvalue weighted by molar-refractivity contribution is -0.140. The van der Waals surface area contributed by atoms with Gasteiger partial charge in [0.2, 0.25) is 21.8 Å². The first-order valence-corrected chi connectivity index (χ1v) is 15.5. The van der Waals surface area contributed by atoms with Crippen LogP contribution in [0, 0.1) is 0 Å². The molecule has 2 atom stereocenters. The summed E-state index contributed by atoms with van der Waals surface area (Å²) in [5, 5.41) is 2.62. The largest absolute Gasteiger partial charge is 0.416 e. The maximum absolute atomic E-state index is 14.0. The van der Waals surface area contributed by atoms with Crippen LogP contribution in [0.2, 0.25) is 5.02 Å². The van der Waals surface area contributed by atoms with Gasteiger partial charge in [0.05, 0.1) is 22.5 Å². The summed E-state index contributed by atoms with van der Waals surface area (Å²) in [4.78, 5) is 28.9. The number of sulfonamides is 1. The highest BCUT2D eigenvalue weighted by Crippen LogP contribution is 2.36. The van der Waals surface area contributed by atoms with Crippen LogP contribution in [0.25, 0.3) is 0 Å². The molecule has 7 nitrogen and oxygen atoms in total. The number of carbonyl (C=O) groups is 2. The number of benzene rings is 3. The molecule has 0 radical (unpaired) electrons. The highest BCUT2D eigenvalue weighted by atomic mass is 35.5. The summed E-state index contributed by atoms with van der Waals surface area (Å²) in [6, 6.07) is 18.8. The van der Waals surface area contributed by atoms with Crippen LogP contribution in [0.5, 0.6) is 0 Å². The van der Waals surface area contributed by atoms with E-state index in [1.807, 2.05) is 19.9 Å². The number of halogens is 4. The van der Waals surface area contributed by atoms with Crippen LogP contribution in [0.4, 0.5) is 18.9 Å². The van der Waals surface area contributed by atoms with E-state index in [2.05, 4.69) is 5.32 Å². The normalized spacial score (nSPS) is 13.2. The molecule has 0 aliphatic rings. The number of nitrogens with one attached hydrogen (secondary N) is 1. The van der Waals surface area contributed by atoms with Crippen molar-refractivity contribution < 1.29 is 31.2 Å². The number of amides is 2. The monoisotopic (exact) mass is 623 g/mol. The van der Waals surface area contributed by atoms with Crippen LogP contribution in [-0.4, -0.2) is 50.0 Å². The Morgan fingerprint density at radius 3 is 2.05 bits per heavy atom. The van der Waals surface area contributed by atoms with Gasteiger partial charge in [0.25, 0.3) is 0 Å². The van der Waals surface area contributed by atoms with Crippen molar-refractivity contribution in [2.45, 2.75) is 51.5 Å². The molecule has 0 aromatic heterocycles. The van der Waals surface area contributed by atoms with Crippen molar-refractivity contribution in [1.82, 2.24) is 10.2 Å². The summed E-state index contributed by atoms with van der Waals surface area (Å²) >= 11 is 6.17. The van der Waals surface area contributed by atoms with Crippen molar-refractivity contribution in [3.63, 3.8) is 0 Å². The quantitative estimate of drug-likeness (QED) is 0.281. The van der Waals surface area contributed by atoms with Gasteiger partial charge in [-0.2, -0.15) is 13.2 Å². The van der Waals surface area contributed by atoms with E-state index in [1.54, 1.807) is 54.6 Å². The molecule has 3 rings (SSSR count). The number of anilines is 1. The Morgan fingerprint density at radius 2 is 1.52 bits per heavy atom. The Labute approximate surface area is 249 Å². The van der Waals surface area contributed by atoms with E-state index in [0.717, 1.165) is 24.0 Å². The summed E-state index contributed by atoms with van der Waals surface area (Å²) in [5.41, 5.74) is -0.193. The predicted molar refractivity (Wildman–Crippen MR) is 157 cm³/mol. The molecule has 1 N–H and O–H groups in total. The lowest BCUT2D eigenvalue weighted by Gasteiger charge is -2.34. The molecule has 0 saturated heterocycles. The molecule has 3 aromatic carbocycles. The molecule has 226 valence electrons. The van der Waals surface area contributed by atoms with Crippen molar-refractivity contribution in [2.75, 3.05) is 17.1 Å². The number of hydrogen-bond acceptors (Lipinski definition) is 4. The van der Waals surface area contributed by atoms with E-state index in [0.29, 0.717) is 22.4 Å². The average molecular weight is 624 g/mol. The molecule has 0 fully saturated rings. The fourth-order valence-corrected chi connectivity index (χ4v) is 5.37. The van der Waals surface area contributed by atoms with E-state index < -0.39 is 51.9 Å². The van der Waals surface area contributed by atoms with Crippen molar-refractivity contribution >= 4 is 39.1 Å². The highest BCUT2D eigenvalue weighted by Gasteiger charge is 2.36. The van der Waals surface area contributed by atoms with E-state index in [9.17, 15) is 31.2 Å². The molecule has 0 spiro atoms. The number of hydrogen-bond donors (Lipinski definition) is 1. The molecule has 42 heavy (non-hydrogen) atoms. The second kappa shape index (κ2) is 14.1. The molecule has 12 heteroatoms. The third kappa shape index (κ3) is 8.96. The third-order valence-corrected chi connectivity index (χ3v) is 8.14. The summed E-state index contributed by atoms with van der Waals surface area (Å²) < 4.78 is 66.8. The van der Waals surface area contributed by atoms with Crippen LogP contribution in [0.1, 0.15) is 37.0 Å². The standard InChI is InChI=1S/C30H33ClF3N3O4S/c1-4-21(2)35-29(39)27(17-22-11-7-5-8-12-22)36(19-23-13-9-6-10-14-23)28(38)20-37(42(3,40)41)26-18-24(30(32,33)34)15-16-25(26)31/h5-16,18,21,27H,4,17,19-20H2,1-3H3,(H,35,39). The smallest absolute Gasteiger partial charge is 0.352 e. The van der Waals surface area contributed by atoms with Crippen molar-refractivity contribution in [1.29, 1.82) is 0 Å². The molecule has 0 saturated carbocycles. The Hall–Kier alpha value is -3.57. The van der Waals surface area contributed by atoms with Crippen LogP contribution < -0.4 is 9.62 Å². The van der Waals surface area contributed by atoms with Gasteiger partial charge >= 0.3 is 6.18 Å². The molecular weight excluding hydrogens is 591 g/mol. The summed E-state index contributed by atoms with van der Waals surface area (Å²) in [5.74, 6) is -1.24. The average Bonchev–Trinajstić information content (AvgIpc) is 2.93. The minimum Gasteiger partial charge on any atom is -0.352 e. The van der Waals surface area contributed by atoms with E-state index in [1.165, 1.54) is 4.90 Å². The van der Waals surface area contributed by atoms with Crippen LogP contribution in [0.3, 0.4) is 0 Å². The van der Waals surface area contributed by atoms with Crippen LogP contribution in [-0.2, 0) is 38.8 Å². The first kappa shape index (κ1) is 32.9. The fourth-order valence-electron chi connectivity index (χ4n) is 4.25. The van der Waals surface area contributed by atoms with Gasteiger partial charge in [-0.05, 0) is 42.7 Å². The van der Waals surface area contributed by atoms with Crippen LogP contribution in [0.15, 0.2) is 78.9 Å². The first-order chi connectivity index (χ1) is 19.7. The zero-order valence-corrected chi connectivity index (χ0v) is 25.0. The number of alkyl halides is 3. The Kier molecular flexibility index (Phi) is 11.0. The van der Waals surface area contributed by atoms with Crippen molar-refractivity contribution in [3.8, 4) is 0 Å². The van der Waals surface area contributed by atoms with Crippen LogP contribution >= 0.6 is 11.6 Å². The molecule has 2 unspecified atom stereocenters. The van der Waals surface area contributed by atoms with Gasteiger partial charge in [-0.3, -0.25) is 13.9 Å². The van der Waals surface area contributed by atoms with Gasteiger partial charge in [-0.25, -0.2) is 8.42 Å². The minimum absolute atomic E-state index is 0.0565. The molecule has 0 aliphatic heterocycles. The zero-order chi connectivity index (χ0) is 31.1. The summed E-state index contributed by atoms with van der Waals surface area (Å²) in [7, 11) is -4.30. The third-order valence-electron chi connectivity index (χ3n) is 6.69. The second-order valence-electron chi connectivity index (χ2n) is 9.96. The number of carbonyl (C=O) groups excluding carboxylic acids is 2. The maximum Gasteiger partial charge on any atom is 0.416 e. The minimum atomic E-state index is -4.78. The Morgan fingerprint density at radius 1 is 0.952 bits per heavy atom. The lowest BCUT2D eigenvalue weighted by Crippen LogP contribution is -2.54. The summed E-state index contributed by atoms with van der Waals surface area (Å²) in [6.07, 6.45) is -3.26. The Balaban J connectivity index is 2.10. The maximum atomic E-state index is 14.0. The van der Waals surface area contributed by atoms with E-state index >= 15 is 0 Å². The summed E-state index contributed by atoms with van der Waals surface area (Å²) in [6.45, 7) is 2.78. The van der Waals surface area contributed by atoms with Gasteiger partial charge in [0.1, 0.15) is 12.6 Å². The van der Waals surface area contributed by atoms with Gasteiger partial charge in [0, 0.05) is 19.0 Å². The predicted octanol–water partition coefficient (Wildman–Crippen LogP) is 5.68. The van der Waals surface area contributed by atoms with Gasteiger partial charge < -0.3 is 10.2 Å². The highest BCUT2D eigenvalue weighted by molar-refractivity contribution is 7.92. The fraction of sp³-hybridized carbons (Fsp3) is 0.333. The number of nitrogens with zero attached hydrogens (tertiary/aromatic N) is 2. The SMILES string of the molecule is CCC(C)NC(=O)C(Cc1ccccc1)N(Cc1ccccc1)C(=O)CN(c1cc(C(F)(F)F)ccc1Cl)S(C)(=O)=O. The molecule has 2 amide bonds.